The van der Waals surface area contributed by atoms with Gasteiger partial charge in [-0.25, -0.2) is 4.28 Å². The van der Waals surface area contributed by atoms with Crippen LogP contribution >= 0.6 is 0 Å². The molecule has 12 heteroatoms. The molecule has 0 atom stereocenters. The van der Waals surface area contributed by atoms with E-state index in [-0.39, 0.29) is 17.4 Å². The van der Waals surface area contributed by atoms with Gasteiger partial charge in [0, 0.05) is 20.1 Å². The maximum atomic E-state index is 10.8. The molecule has 0 fully saturated rings. The molecule has 0 unspecified atom stereocenters. The van der Waals surface area contributed by atoms with Gasteiger partial charge in [0.25, 0.3) is 0 Å². The summed E-state index contributed by atoms with van der Waals surface area (Å²) in [6, 6.07) is 0. The van der Waals surface area contributed by atoms with Crippen molar-refractivity contribution in [1.82, 2.24) is 9.97 Å². The van der Waals surface area contributed by atoms with Crippen LogP contribution in [-0.4, -0.2) is 48.6 Å². The summed E-state index contributed by atoms with van der Waals surface area (Å²) in [5.41, 5.74) is 5.64. The molecule has 1 heterocycles. The Morgan fingerprint density at radius 2 is 2.05 bits per heavy atom. The lowest BCUT2D eigenvalue weighted by molar-refractivity contribution is -0.837. The molecule has 0 amide bonds. The van der Waals surface area contributed by atoms with Crippen molar-refractivity contribution in [3.8, 4) is 0 Å². The Kier molecular flexibility index (Phi) is 7.05. The molecule has 0 bridgehead atoms. The van der Waals surface area contributed by atoms with E-state index in [1.165, 1.54) is 0 Å². The van der Waals surface area contributed by atoms with Crippen LogP contribution in [0.1, 0.15) is 20.3 Å². The van der Waals surface area contributed by atoms with Crippen molar-refractivity contribution in [3.05, 3.63) is 0 Å². The van der Waals surface area contributed by atoms with Gasteiger partial charge in [-0.05, 0) is 18.1 Å². The molecule has 0 aliphatic rings. The lowest BCUT2D eigenvalue weighted by Gasteiger charge is -2.13. The van der Waals surface area contributed by atoms with Crippen molar-refractivity contribution < 1.29 is 27.5 Å². The summed E-state index contributed by atoms with van der Waals surface area (Å²) < 4.78 is 35.3. The van der Waals surface area contributed by atoms with Crippen molar-refractivity contribution in [2.45, 2.75) is 20.3 Å². The van der Waals surface area contributed by atoms with E-state index in [9.17, 15) is 8.42 Å². The number of hydrogen-bond donors (Lipinski definition) is 3. The number of hydrogen-bond acceptors (Lipinski definition) is 9. The van der Waals surface area contributed by atoms with Gasteiger partial charge in [0.1, 0.15) is 0 Å². The molecule has 122 valence electrons. The highest BCUT2D eigenvalue weighted by Gasteiger charge is 2.24. The fourth-order valence-corrected chi connectivity index (χ4v) is 1.58. The van der Waals surface area contributed by atoms with Crippen molar-refractivity contribution in [2.24, 2.45) is 0 Å². The third-order valence-electron chi connectivity index (χ3n) is 2.34. The van der Waals surface area contributed by atoms with E-state index in [0.717, 1.165) is 6.42 Å². The van der Waals surface area contributed by atoms with Crippen molar-refractivity contribution in [2.75, 3.05) is 36.1 Å². The highest BCUT2D eigenvalue weighted by Crippen LogP contribution is 2.08. The average molecular weight is 324 g/mol. The first-order valence-electron chi connectivity index (χ1n) is 6.00. The van der Waals surface area contributed by atoms with Crippen molar-refractivity contribution >= 4 is 28.2 Å². The van der Waals surface area contributed by atoms with Crippen LogP contribution in [-0.2, 0) is 10.4 Å². The smallest absolute Gasteiger partial charge is 0.472 e. The third kappa shape index (κ3) is 5.53. The number of anilines is 3. The second-order valence-electron chi connectivity index (χ2n) is 3.94. The van der Waals surface area contributed by atoms with Crippen LogP contribution in [0.2, 0.25) is 0 Å². The van der Waals surface area contributed by atoms with Gasteiger partial charge >= 0.3 is 28.2 Å². The van der Waals surface area contributed by atoms with Gasteiger partial charge in [-0.15, -0.1) is 0 Å². The minimum Gasteiger partial charge on any atom is -0.870 e. The van der Waals surface area contributed by atoms with Crippen LogP contribution in [0.3, 0.4) is 0 Å². The summed E-state index contributed by atoms with van der Waals surface area (Å²) >= 11 is 0. The van der Waals surface area contributed by atoms with E-state index in [2.05, 4.69) is 19.6 Å². The van der Waals surface area contributed by atoms with Gasteiger partial charge in [0.05, 0.1) is 0 Å². The molecule has 0 spiro atoms. The molecule has 0 saturated carbocycles. The zero-order chi connectivity index (χ0) is 15.3. The average Bonchev–Trinajstić information content (AvgIpc) is 2.36. The van der Waals surface area contributed by atoms with Crippen molar-refractivity contribution in [3.63, 3.8) is 0 Å². The Balaban J connectivity index is 0.00000400. The largest absolute Gasteiger partial charge is 0.870 e. The van der Waals surface area contributed by atoms with Gasteiger partial charge in [0.15, 0.2) is 0 Å². The number of aromatic nitrogens is 3. The van der Waals surface area contributed by atoms with Gasteiger partial charge in [-0.2, -0.15) is 8.42 Å². The molecule has 21 heavy (non-hydrogen) atoms. The molecule has 0 aliphatic carbocycles. The topological polar surface area (TPSA) is 165 Å². The summed E-state index contributed by atoms with van der Waals surface area (Å²) in [5.74, 6) is 0.0811. The summed E-state index contributed by atoms with van der Waals surface area (Å²) in [6.45, 7) is 4.97. The Bertz CT molecular complexity index is 566. The van der Waals surface area contributed by atoms with Gasteiger partial charge in [-0.1, -0.05) is 16.9 Å². The standard InChI is InChI=1S/C9H18N6O4S.H2O/c1-4-6-11-8-13-9(14(3)5-2)12-7(10)15(8)19-20(16,17)18;/h4-6H2,1-3H3,(H3,10,11,12,13,16,17,18);1H2. The van der Waals surface area contributed by atoms with Crippen LogP contribution in [0.25, 0.3) is 0 Å². The van der Waals surface area contributed by atoms with Gasteiger partial charge in [0.2, 0.25) is 0 Å². The third-order valence-corrected chi connectivity index (χ3v) is 2.68. The number of rotatable bonds is 7. The summed E-state index contributed by atoms with van der Waals surface area (Å²) in [7, 11) is -2.98. The molecule has 0 aromatic carbocycles. The Morgan fingerprint density at radius 1 is 1.43 bits per heavy atom. The first-order valence-corrected chi connectivity index (χ1v) is 7.37. The second kappa shape index (κ2) is 7.75. The second-order valence-corrected chi connectivity index (χ2v) is 4.95. The van der Waals surface area contributed by atoms with E-state index in [1.54, 1.807) is 11.9 Å². The predicted octanol–water partition coefficient (Wildman–Crippen LogP) is -1.32. The molecule has 1 rings (SSSR count). The van der Waals surface area contributed by atoms with Crippen LogP contribution in [0.4, 0.5) is 17.8 Å². The lowest BCUT2D eigenvalue weighted by Crippen LogP contribution is -2.51. The molecule has 0 saturated heterocycles. The molecule has 0 radical (unpaired) electrons. The highest BCUT2D eigenvalue weighted by molar-refractivity contribution is 7.80. The molecular weight excluding hydrogens is 304 g/mol. The quantitative estimate of drug-likeness (QED) is 0.404. The van der Waals surface area contributed by atoms with Gasteiger partial charge in [-0.3, -0.25) is 4.55 Å². The van der Waals surface area contributed by atoms with Crippen LogP contribution in [0, 0.1) is 0 Å². The number of nitrogen functional groups attached to an aromatic ring is 1. The number of nitrogens with two attached hydrogens (primary N) is 1. The fraction of sp³-hybridized carbons (Fsp3) is 0.667. The summed E-state index contributed by atoms with van der Waals surface area (Å²) in [6.07, 6.45) is 0.773. The zero-order valence-corrected chi connectivity index (χ0v) is 12.8. The van der Waals surface area contributed by atoms with E-state index >= 15 is 0 Å². The molecule has 0 aliphatic heterocycles. The lowest BCUT2D eigenvalue weighted by atomic mass is 10.5. The first kappa shape index (κ1) is 19.1. The monoisotopic (exact) mass is 324 g/mol. The van der Waals surface area contributed by atoms with E-state index < -0.39 is 10.4 Å². The van der Waals surface area contributed by atoms with Crippen molar-refractivity contribution in [1.29, 1.82) is 0 Å². The Morgan fingerprint density at radius 3 is 2.52 bits per heavy atom. The molecule has 1 aromatic heterocycles. The van der Waals surface area contributed by atoms with E-state index in [4.69, 9.17) is 10.3 Å². The number of nitrogens with one attached hydrogen (secondary N) is 1. The molecule has 1 aromatic rings. The summed E-state index contributed by atoms with van der Waals surface area (Å²) in [4.78, 5) is 9.74. The van der Waals surface area contributed by atoms with Crippen LogP contribution < -0.4 is 25.0 Å². The van der Waals surface area contributed by atoms with Crippen LogP contribution in [0.5, 0.6) is 0 Å². The first-order chi connectivity index (χ1) is 9.28. The minimum atomic E-state index is -4.74. The summed E-state index contributed by atoms with van der Waals surface area (Å²) in [5, 5.41) is 2.85. The molecular formula is C9H20N6O5S. The Labute approximate surface area is 123 Å². The SMILES string of the molecule is CCCNc1nc(N(C)CC)nc(N)[n+]1OS(=O)(=O)O.[OH-]. The molecule has 5 N–H and O–H groups in total. The van der Waals surface area contributed by atoms with Crippen LogP contribution in [0.15, 0.2) is 0 Å². The number of nitrogens with zero attached hydrogens (tertiary/aromatic N) is 4. The maximum absolute atomic E-state index is 10.8. The fourth-order valence-electron chi connectivity index (χ4n) is 1.25. The van der Waals surface area contributed by atoms with E-state index in [1.807, 2.05) is 13.8 Å². The molecule has 11 nitrogen and oxygen atoms in total. The van der Waals surface area contributed by atoms with Gasteiger partial charge < -0.3 is 21.4 Å². The normalized spacial score (nSPS) is 10.7. The highest BCUT2D eigenvalue weighted by atomic mass is 32.3. The van der Waals surface area contributed by atoms with E-state index in [0.29, 0.717) is 23.8 Å². The predicted molar refractivity (Wildman–Crippen MR) is 74.4 cm³/mol. The Hall–Kier alpha value is -1.92. The maximum Gasteiger partial charge on any atom is 0.472 e. The minimum absolute atomic E-state index is 0. The zero-order valence-electron chi connectivity index (χ0n) is 12.0.